The molecule has 136 valence electrons. The largest absolute Gasteiger partial charge is 0.494 e. The monoisotopic (exact) mass is 356 g/mol. The number of rotatable bonds is 7. The van der Waals surface area contributed by atoms with E-state index in [2.05, 4.69) is 4.99 Å². The van der Waals surface area contributed by atoms with Gasteiger partial charge in [0.2, 0.25) is 0 Å². The second kappa shape index (κ2) is 8.46. The molecule has 2 aromatic rings. The number of aliphatic hydroxyl groups excluding tert-OH is 1. The molecule has 0 aliphatic carbocycles. The van der Waals surface area contributed by atoms with Crippen LogP contribution in [0.2, 0.25) is 0 Å². The summed E-state index contributed by atoms with van der Waals surface area (Å²) in [6.45, 7) is 0.535. The van der Waals surface area contributed by atoms with Crippen LogP contribution in [0.25, 0.3) is 0 Å². The highest BCUT2D eigenvalue weighted by Gasteiger charge is 2.34. The number of carbonyl (C=O) groups excluding carboxylic acids is 1. The molecule has 0 spiro atoms. The molecular weight excluding hydrogens is 336 g/mol. The molecule has 0 radical (unpaired) electrons. The highest BCUT2D eigenvalue weighted by atomic mass is 16.7. The van der Waals surface area contributed by atoms with Gasteiger partial charge in [-0.15, -0.1) is 0 Å². The van der Waals surface area contributed by atoms with E-state index in [-0.39, 0.29) is 6.61 Å². The Balaban J connectivity index is 1.84. The first-order chi connectivity index (χ1) is 12.7. The van der Waals surface area contributed by atoms with Crippen LogP contribution in [-0.2, 0) is 14.4 Å². The van der Waals surface area contributed by atoms with Crippen molar-refractivity contribution in [2.75, 3.05) is 25.4 Å². The molecule has 1 heterocycles. The summed E-state index contributed by atoms with van der Waals surface area (Å²) in [7, 11) is 1.30. The van der Waals surface area contributed by atoms with Gasteiger partial charge in [-0.2, -0.15) is 0 Å². The van der Waals surface area contributed by atoms with Gasteiger partial charge in [0.1, 0.15) is 5.75 Å². The zero-order valence-electron chi connectivity index (χ0n) is 14.4. The lowest BCUT2D eigenvalue weighted by atomic mass is 10.2. The molecule has 0 aromatic heterocycles. The molecule has 1 atom stereocenters. The summed E-state index contributed by atoms with van der Waals surface area (Å²) in [6, 6.07) is 16.7. The first kappa shape index (κ1) is 17.9. The minimum absolute atomic E-state index is 0.0905. The Kier molecular flexibility index (Phi) is 5.83. The average Bonchev–Trinajstić information content (AvgIpc) is 3.14. The quantitative estimate of drug-likeness (QED) is 0.605. The molecule has 0 saturated heterocycles. The van der Waals surface area contributed by atoms with E-state index in [0.717, 1.165) is 11.3 Å². The number of aliphatic imine (C=N–C) groups is 1. The van der Waals surface area contributed by atoms with Gasteiger partial charge in [0, 0.05) is 18.6 Å². The number of methoxy groups -OCH3 is 1. The summed E-state index contributed by atoms with van der Waals surface area (Å²) in [5, 5.41) is 10.3. The van der Waals surface area contributed by atoms with Crippen LogP contribution in [0.15, 0.2) is 59.6 Å². The van der Waals surface area contributed by atoms with Gasteiger partial charge in [-0.25, -0.2) is 19.7 Å². The van der Waals surface area contributed by atoms with Gasteiger partial charge in [-0.05, 0) is 36.4 Å². The third-order valence-corrected chi connectivity index (χ3v) is 3.71. The first-order valence-corrected chi connectivity index (χ1v) is 8.24. The van der Waals surface area contributed by atoms with Crippen molar-refractivity contribution >= 4 is 17.5 Å². The Morgan fingerprint density at radius 1 is 1.19 bits per heavy atom. The Bertz CT molecular complexity index is 761. The molecule has 1 aliphatic rings. The number of ether oxygens (including phenoxy) is 2. The number of carbonyl (C=O) groups is 1. The second-order valence-corrected chi connectivity index (χ2v) is 5.51. The van der Waals surface area contributed by atoms with Crippen molar-refractivity contribution in [3.05, 3.63) is 60.2 Å². The zero-order chi connectivity index (χ0) is 18.4. The van der Waals surface area contributed by atoms with Gasteiger partial charge >= 0.3 is 5.97 Å². The van der Waals surface area contributed by atoms with Crippen molar-refractivity contribution in [2.45, 2.75) is 12.6 Å². The summed E-state index contributed by atoms with van der Waals surface area (Å²) >= 11 is 0. The molecule has 0 amide bonds. The van der Waals surface area contributed by atoms with Crippen LogP contribution in [0.1, 0.15) is 12.0 Å². The van der Waals surface area contributed by atoms with Crippen molar-refractivity contribution in [1.29, 1.82) is 0 Å². The van der Waals surface area contributed by atoms with Crippen LogP contribution < -0.4 is 9.80 Å². The minimum atomic E-state index is -1.05. The minimum Gasteiger partial charge on any atom is -0.494 e. The molecule has 0 fully saturated rings. The summed E-state index contributed by atoms with van der Waals surface area (Å²) < 4.78 is 10.3. The molecule has 1 aliphatic heterocycles. The van der Waals surface area contributed by atoms with Crippen LogP contribution in [0, 0.1) is 0 Å². The maximum Gasteiger partial charge on any atom is 0.360 e. The lowest BCUT2D eigenvalue weighted by Crippen LogP contribution is -2.30. The highest BCUT2D eigenvalue weighted by Crippen LogP contribution is 2.26. The number of benzene rings is 2. The average molecular weight is 356 g/mol. The van der Waals surface area contributed by atoms with E-state index in [0.29, 0.717) is 24.6 Å². The number of anilines is 1. The van der Waals surface area contributed by atoms with E-state index >= 15 is 0 Å². The third-order valence-electron chi connectivity index (χ3n) is 3.71. The molecule has 1 N–H and O–H groups in total. The van der Waals surface area contributed by atoms with E-state index in [1.165, 1.54) is 12.2 Å². The highest BCUT2D eigenvalue weighted by molar-refractivity contribution is 6.10. The number of hydrogen-bond acceptors (Lipinski definition) is 7. The van der Waals surface area contributed by atoms with E-state index < -0.39 is 12.2 Å². The van der Waals surface area contributed by atoms with Gasteiger partial charge in [-0.3, -0.25) is 0 Å². The van der Waals surface area contributed by atoms with Crippen molar-refractivity contribution in [3.63, 3.8) is 0 Å². The second-order valence-electron chi connectivity index (χ2n) is 5.51. The Morgan fingerprint density at radius 3 is 2.58 bits per heavy atom. The van der Waals surface area contributed by atoms with Gasteiger partial charge in [0.25, 0.3) is 6.23 Å². The van der Waals surface area contributed by atoms with Gasteiger partial charge in [-0.1, -0.05) is 18.2 Å². The normalized spacial score (nSPS) is 16.3. The first-order valence-electron chi connectivity index (χ1n) is 8.24. The number of aliphatic hydroxyl groups is 1. The molecule has 1 unspecified atom stereocenters. The Morgan fingerprint density at radius 2 is 1.92 bits per heavy atom. The van der Waals surface area contributed by atoms with E-state index in [1.807, 2.05) is 54.6 Å². The van der Waals surface area contributed by atoms with E-state index in [4.69, 9.17) is 19.4 Å². The topological polar surface area (TPSA) is 80.6 Å². The fourth-order valence-corrected chi connectivity index (χ4v) is 2.43. The van der Waals surface area contributed by atoms with Crippen molar-refractivity contribution in [2.24, 2.45) is 4.99 Å². The summed E-state index contributed by atoms with van der Waals surface area (Å²) in [6.07, 6.45) is -0.471. The molecule has 7 heteroatoms. The van der Waals surface area contributed by atoms with Gasteiger partial charge in [0.15, 0.2) is 5.84 Å². The lowest BCUT2D eigenvalue weighted by Gasteiger charge is -2.19. The summed E-state index contributed by atoms with van der Waals surface area (Å²) in [5.41, 5.74) is 1.52. The Labute approximate surface area is 151 Å². The maximum absolute atomic E-state index is 11.8. The number of hydroxylamine groups is 1. The number of hydrogen-bond donors (Lipinski definition) is 1. The molecule has 0 bridgehead atoms. The molecule has 26 heavy (non-hydrogen) atoms. The predicted octanol–water partition coefficient (Wildman–Crippen LogP) is 2.15. The zero-order valence-corrected chi connectivity index (χ0v) is 14.4. The Hall–Kier alpha value is -2.90. The third kappa shape index (κ3) is 4.01. The van der Waals surface area contributed by atoms with Gasteiger partial charge in [0.05, 0.1) is 19.4 Å². The smallest absolute Gasteiger partial charge is 0.360 e. The van der Waals surface area contributed by atoms with Crippen molar-refractivity contribution in [3.8, 4) is 5.75 Å². The number of esters is 1. The van der Waals surface area contributed by atoms with Crippen LogP contribution in [0.3, 0.4) is 0 Å². The predicted molar refractivity (Wildman–Crippen MR) is 96.0 cm³/mol. The van der Waals surface area contributed by atoms with E-state index in [1.54, 1.807) is 0 Å². The van der Waals surface area contributed by atoms with Crippen molar-refractivity contribution in [1.82, 2.24) is 0 Å². The van der Waals surface area contributed by atoms with Crippen LogP contribution in [0.5, 0.6) is 5.75 Å². The lowest BCUT2D eigenvalue weighted by molar-refractivity contribution is -0.152. The summed E-state index contributed by atoms with van der Waals surface area (Å²) in [4.78, 5) is 21.9. The van der Waals surface area contributed by atoms with E-state index in [9.17, 15) is 4.79 Å². The standard InChI is InChI=1S/C19H20N2O5/c1-24-19(23)18-20-17(21(26-18)15-6-3-2-4-7-15)14-8-10-16(11-9-14)25-13-5-12-22/h2-4,6-11,18,22H,5,12-13H2,1H3. The summed E-state index contributed by atoms with van der Waals surface area (Å²) in [5.74, 6) is 0.635. The fraction of sp³-hybridized carbons (Fsp3) is 0.263. The van der Waals surface area contributed by atoms with Crippen LogP contribution in [0.4, 0.5) is 5.69 Å². The molecule has 7 nitrogen and oxygen atoms in total. The molecule has 2 aromatic carbocycles. The van der Waals surface area contributed by atoms with Crippen molar-refractivity contribution < 1.29 is 24.2 Å². The maximum atomic E-state index is 11.8. The fourth-order valence-electron chi connectivity index (χ4n) is 2.43. The van der Waals surface area contributed by atoms with Gasteiger partial charge < -0.3 is 14.6 Å². The number of para-hydroxylation sites is 1. The molecular formula is C19H20N2O5. The molecule has 3 rings (SSSR count). The van der Waals surface area contributed by atoms with Crippen LogP contribution >= 0.6 is 0 Å². The number of amidine groups is 1. The SMILES string of the molecule is COC(=O)C1N=C(c2ccc(OCCCO)cc2)N(c2ccccc2)O1. The molecule has 0 saturated carbocycles. The number of nitrogens with zero attached hydrogens (tertiary/aromatic N) is 2. The van der Waals surface area contributed by atoms with Crippen LogP contribution in [-0.4, -0.2) is 43.5 Å².